The van der Waals surface area contributed by atoms with Crippen molar-refractivity contribution in [2.45, 2.75) is 18.7 Å². The molecule has 0 aliphatic carbocycles. The molecule has 0 atom stereocenters. The van der Waals surface area contributed by atoms with Gasteiger partial charge in [-0.3, -0.25) is 4.98 Å². The Balaban J connectivity index is 3.22. The maximum Gasteiger partial charge on any atom is 0.573 e. The summed E-state index contributed by atoms with van der Waals surface area (Å²) >= 11 is 7.23. The molecular weight excluding hydrogens is 371 g/mol. The molecule has 0 bridgehead atoms. The van der Waals surface area contributed by atoms with Crippen LogP contribution < -0.4 is 4.74 Å². The van der Waals surface area contributed by atoms with Crippen LogP contribution in [0.3, 0.4) is 0 Å². The average molecular weight is 377 g/mol. The second-order valence-corrected chi connectivity index (χ2v) is 4.32. The molecule has 0 saturated heterocycles. The maximum atomic E-state index is 12.2. The van der Waals surface area contributed by atoms with Gasteiger partial charge in [-0.15, -0.1) is 24.8 Å². The van der Waals surface area contributed by atoms with E-state index >= 15 is 0 Å². The van der Waals surface area contributed by atoms with Crippen molar-refractivity contribution in [3.05, 3.63) is 21.0 Å². The Hall–Kier alpha value is -0.750. The Labute approximate surface area is 114 Å². The van der Waals surface area contributed by atoms with Crippen LogP contribution in [-0.2, 0) is 12.3 Å². The van der Waals surface area contributed by atoms with Gasteiger partial charge in [0.1, 0.15) is 0 Å². The fraction of sp³-hybridized carbons (Fsp3) is 0.333. The Morgan fingerprint density at radius 2 is 2.18 bits per heavy atom. The summed E-state index contributed by atoms with van der Waals surface area (Å²) in [7, 11) is 0. The Morgan fingerprint density at radius 1 is 1.53 bits per heavy atom. The highest BCUT2D eigenvalue weighted by Crippen LogP contribution is 2.31. The molecular formula is C9H5ClF3IN2O. The molecule has 0 aromatic carbocycles. The first-order valence-electron chi connectivity index (χ1n) is 4.24. The number of halogens is 5. The highest BCUT2D eigenvalue weighted by molar-refractivity contribution is 14.1. The quantitative estimate of drug-likeness (QED) is 0.600. The van der Waals surface area contributed by atoms with Crippen LogP contribution in [0.25, 0.3) is 0 Å². The SMILES string of the molecule is N#CCc1nc(CCl)cc(I)c1OC(F)(F)F. The van der Waals surface area contributed by atoms with E-state index in [-0.39, 0.29) is 21.6 Å². The van der Waals surface area contributed by atoms with Gasteiger partial charge < -0.3 is 4.74 Å². The Kier molecular flexibility index (Phi) is 4.82. The summed E-state index contributed by atoms with van der Waals surface area (Å²) in [6, 6.07) is 3.12. The second-order valence-electron chi connectivity index (χ2n) is 2.89. The van der Waals surface area contributed by atoms with Crippen molar-refractivity contribution in [2.75, 3.05) is 0 Å². The Morgan fingerprint density at radius 3 is 2.65 bits per heavy atom. The molecule has 0 radical (unpaired) electrons. The van der Waals surface area contributed by atoms with Gasteiger partial charge in [0.25, 0.3) is 0 Å². The number of pyridine rings is 1. The number of alkyl halides is 4. The zero-order valence-electron chi connectivity index (χ0n) is 8.18. The van der Waals surface area contributed by atoms with Crippen molar-refractivity contribution in [1.82, 2.24) is 4.98 Å². The third-order valence-electron chi connectivity index (χ3n) is 1.65. The smallest absolute Gasteiger partial charge is 0.403 e. The fourth-order valence-corrected chi connectivity index (χ4v) is 2.01. The first-order valence-corrected chi connectivity index (χ1v) is 5.85. The number of nitrogens with zero attached hydrogens (tertiary/aromatic N) is 2. The first-order chi connectivity index (χ1) is 7.87. The summed E-state index contributed by atoms with van der Waals surface area (Å²) < 4.78 is 40.6. The average Bonchev–Trinajstić information content (AvgIpc) is 2.21. The minimum atomic E-state index is -4.81. The van der Waals surface area contributed by atoms with Gasteiger partial charge in [-0.2, -0.15) is 5.26 Å². The lowest BCUT2D eigenvalue weighted by Crippen LogP contribution is -2.19. The number of nitriles is 1. The Bertz CT molecular complexity index is 459. The summed E-state index contributed by atoms with van der Waals surface area (Å²) in [5.41, 5.74) is 0.336. The summed E-state index contributed by atoms with van der Waals surface area (Å²) in [5.74, 6) is -0.380. The van der Waals surface area contributed by atoms with Crippen LogP contribution in [0.15, 0.2) is 6.07 Å². The molecule has 0 aliphatic rings. The van der Waals surface area contributed by atoms with E-state index in [1.807, 2.05) is 0 Å². The van der Waals surface area contributed by atoms with E-state index in [1.165, 1.54) is 6.07 Å². The largest absolute Gasteiger partial charge is 0.573 e. The van der Waals surface area contributed by atoms with Gasteiger partial charge in [-0.1, -0.05) is 0 Å². The molecule has 1 heterocycles. The van der Waals surface area contributed by atoms with E-state index in [1.54, 1.807) is 28.7 Å². The van der Waals surface area contributed by atoms with Crippen molar-refractivity contribution < 1.29 is 17.9 Å². The van der Waals surface area contributed by atoms with E-state index < -0.39 is 12.1 Å². The summed E-state index contributed by atoms with van der Waals surface area (Å²) in [6.45, 7) is 0. The van der Waals surface area contributed by atoms with Gasteiger partial charge in [0.2, 0.25) is 0 Å². The second kappa shape index (κ2) is 5.73. The van der Waals surface area contributed by atoms with E-state index in [0.29, 0.717) is 5.69 Å². The highest BCUT2D eigenvalue weighted by Gasteiger charge is 2.33. The van der Waals surface area contributed by atoms with Gasteiger partial charge in [0, 0.05) is 0 Å². The molecule has 1 aromatic rings. The minimum Gasteiger partial charge on any atom is -0.403 e. The zero-order chi connectivity index (χ0) is 13.1. The van der Waals surface area contributed by atoms with Crippen molar-refractivity contribution in [3.8, 4) is 11.8 Å². The molecule has 0 unspecified atom stereocenters. The minimum absolute atomic E-state index is 0.0563. The third kappa shape index (κ3) is 4.20. The standard InChI is InChI=1S/C9H5ClF3IN2O/c10-4-5-3-6(14)8(17-9(11,12)13)7(16-5)1-2-15/h3H,1,4H2. The molecule has 0 spiro atoms. The van der Waals surface area contributed by atoms with Crippen molar-refractivity contribution >= 4 is 34.2 Å². The highest BCUT2D eigenvalue weighted by atomic mass is 127. The third-order valence-corrected chi connectivity index (χ3v) is 2.73. The number of ether oxygens (including phenoxy) is 1. The summed E-state index contributed by atoms with van der Waals surface area (Å²) in [5, 5.41) is 8.53. The molecule has 3 nitrogen and oxygen atoms in total. The first kappa shape index (κ1) is 14.3. The van der Waals surface area contributed by atoms with Crippen LogP contribution in [0.2, 0.25) is 0 Å². The fourth-order valence-electron chi connectivity index (χ4n) is 1.09. The van der Waals surface area contributed by atoms with E-state index in [9.17, 15) is 13.2 Å². The van der Waals surface area contributed by atoms with E-state index in [4.69, 9.17) is 16.9 Å². The van der Waals surface area contributed by atoms with Crippen LogP contribution in [0.5, 0.6) is 5.75 Å². The van der Waals surface area contributed by atoms with Gasteiger partial charge in [0.05, 0.1) is 33.3 Å². The van der Waals surface area contributed by atoms with Crippen LogP contribution in [0.4, 0.5) is 13.2 Å². The van der Waals surface area contributed by atoms with Crippen LogP contribution in [0, 0.1) is 14.9 Å². The van der Waals surface area contributed by atoms with Gasteiger partial charge in [-0.25, -0.2) is 0 Å². The van der Waals surface area contributed by atoms with E-state index in [2.05, 4.69) is 9.72 Å². The van der Waals surface area contributed by atoms with Crippen molar-refractivity contribution in [1.29, 1.82) is 5.26 Å². The lowest BCUT2D eigenvalue weighted by atomic mass is 10.2. The molecule has 92 valence electrons. The number of rotatable bonds is 3. The molecule has 1 aromatic heterocycles. The summed E-state index contributed by atoms with van der Waals surface area (Å²) in [6.07, 6.45) is -5.08. The normalized spacial score (nSPS) is 11.1. The van der Waals surface area contributed by atoms with Gasteiger partial charge in [-0.05, 0) is 28.7 Å². The number of hydrogen-bond donors (Lipinski definition) is 0. The lowest BCUT2D eigenvalue weighted by Gasteiger charge is -2.13. The number of hydrogen-bond acceptors (Lipinski definition) is 3. The molecule has 8 heteroatoms. The molecule has 0 N–H and O–H groups in total. The maximum absolute atomic E-state index is 12.2. The molecule has 1 rings (SSSR count). The molecule has 0 aliphatic heterocycles. The monoisotopic (exact) mass is 376 g/mol. The molecule has 0 fully saturated rings. The van der Waals surface area contributed by atoms with Crippen molar-refractivity contribution in [2.24, 2.45) is 0 Å². The van der Waals surface area contributed by atoms with Crippen molar-refractivity contribution in [3.63, 3.8) is 0 Å². The van der Waals surface area contributed by atoms with Gasteiger partial charge >= 0.3 is 6.36 Å². The predicted octanol–water partition coefficient (Wildman–Crippen LogP) is 3.39. The van der Waals surface area contributed by atoms with Crippen LogP contribution >= 0.6 is 34.2 Å². The predicted molar refractivity (Wildman–Crippen MR) is 62.5 cm³/mol. The van der Waals surface area contributed by atoms with Gasteiger partial charge in [0.15, 0.2) is 5.75 Å². The number of aromatic nitrogens is 1. The molecule has 0 amide bonds. The zero-order valence-corrected chi connectivity index (χ0v) is 11.1. The molecule has 17 heavy (non-hydrogen) atoms. The topological polar surface area (TPSA) is 45.9 Å². The lowest BCUT2D eigenvalue weighted by molar-refractivity contribution is -0.275. The van der Waals surface area contributed by atoms with Crippen LogP contribution in [0.1, 0.15) is 11.4 Å². The van der Waals surface area contributed by atoms with Crippen LogP contribution in [-0.4, -0.2) is 11.3 Å². The summed E-state index contributed by atoms with van der Waals surface area (Å²) in [4.78, 5) is 3.84. The van der Waals surface area contributed by atoms with E-state index in [0.717, 1.165) is 0 Å². The molecule has 0 saturated carbocycles.